The van der Waals surface area contributed by atoms with Crippen LogP contribution in [-0.2, 0) is 0 Å². The minimum Gasteiger partial charge on any atom is -0.348 e. The maximum atomic E-state index is 11.6. The number of hydrogen-bond donors (Lipinski definition) is 2. The van der Waals surface area contributed by atoms with Crippen LogP contribution >= 0.6 is 0 Å². The molecule has 3 N–H and O–H groups in total. The number of nitrogens with one attached hydrogen (secondary N) is 1. The van der Waals surface area contributed by atoms with Crippen LogP contribution in [0.25, 0.3) is 21.9 Å². The van der Waals surface area contributed by atoms with Gasteiger partial charge < -0.3 is 10.8 Å². The molecule has 2 aromatic heterocycles. The Labute approximate surface area is 83.3 Å². The van der Waals surface area contributed by atoms with Crippen LogP contribution in [-0.4, -0.2) is 20.1 Å². The second-order valence-electron chi connectivity index (χ2n) is 3.23. The van der Waals surface area contributed by atoms with Gasteiger partial charge in [0.05, 0.1) is 0 Å². The molecule has 0 saturated carbocycles. The minimum absolute atomic E-state index is 0.379. The Bertz CT molecular complexity index is 711. The van der Waals surface area contributed by atoms with Crippen LogP contribution in [0.2, 0.25) is 0 Å². The Morgan fingerprint density at radius 3 is 3.00 bits per heavy atom. The summed E-state index contributed by atoms with van der Waals surface area (Å²) in [5, 5.41) is 8.30. The lowest BCUT2D eigenvalue weighted by atomic mass is 10.2. The molecular weight excluding hydrogens is 194 g/mol. The molecule has 0 amide bonds. The second-order valence-corrected chi connectivity index (χ2v) is 3.23. The van der Waals surface area contributed by atoms with E-state index in [1.807, 2.05) is 24.3 Å². The van der Waals surface area contributed by atoms with Crippen LogP contribution in [0.1, 0.15) is 0 Å². The van der Waals surface area contributed by atoms with E-state index in [1.54, 1.807) is 0 Å². The van der Waals surface area contributed by atoms with Crippen molar-refractivity contribution in [3.63, 3.8) is 0 Å². The largest absolute Gasteiger partial charge is 0.348 e. The molecule has 0 radical (unpaired) electrons. The first-order valence-electron chi connectivity index (χ1n) is 4.39. The van der Waals surface area contributed by atoms with E-state index >= 15 is 0 Å². The molecule has 0 saturated heterocycles. The first-order chi connectivity index (χ1) is 7.27. The first-order valence-corrected chi connectivity index (χ1v) is 4.39. The molecule has 3 aromatic rings. The minimum atomic E-state index is -0.379. The summed E-state index contributed by atoms with van der Waals surface area (Å²) in [6.45, 7) is 0. The number of H-pyrrole nitrogens is 1. The van der Waals surface area contributed by atoms with Crippen molar-refractivity contribution in [3.8, 4) is 0 Å². The molecule has 6 heteroatoms. The van der Waals surface area contributed by atoms with E-state index in [0.29, 0.717) is 11.0 Å². The third kappa shape index (κ3) is 0.954. The fraction of sp³-hybridized carbons (Fsp3) is 0. The molecular formula is C9H7N5O. The van der Waals surface area contributed by atoms with E-state index in [0.717, 1.165) is 15.7 Å². The highest BCUT2D eigenvalue weighted by atomic mass is 16.1. The van der Waals surface area contributed by atoms with Gasteiger partial charge in [0.25, 0.3) is 0 Å². The van der Waals surface area contributed by atoms with Crippen molar-refractivity contribution >= 4 is 21.9 Å². The van der Waals surface area contributed by atoms with Crippen LogP contribution < -0.4 is 11.4 Å². The van der Waals surface area contributed by atoms with Crippen molar-refractivity contribution in [2.45, 2.75) is 0 Å². The van der Waals surface area contributed by atoms with E-state index in [1.165, 1.54) is 0 Å². The summed E-state index contributed by atoms with van der Waals surface area (Å²) in [5.74, 6) is 5.32. The van der Waals surface area contributed by atoms with Gasteiger partial charge in [0, 0.05) is 10.9 Å². The second kappa shape index (κ2) is 2.57. The van der Waals surface area contributed by atoms with Crippen molar-refractivity contribution in [2.75, 3.05) is 5.84 Å². The van der Waals surface area contributed by atoms with Crippen molar-refractivity contribution < 1.29 is 0 Å². The van der Waals surface area contributed by atoms with E-state index in [-0.39, 0.29) is 5.56 Å². The van der Waals surface area contributed by atoms with E-state index in [4.69, 9.17) is 5.84 Å². The molecule has 15 heavy (non-hydrogen) atoms. The van der Waals surface area contributed by atoms with Gasteiger partial charge in [0.15, 0.2) is 0 Å². The van der Waals surface area contributed by atoms with Gasteiger partial charge in [0.1, 0.15) is 11.0 Å². The third-order valence-electron chi connectivity index (χ3n) is 2.34. The Morgan fingerprint density at radius 1 is 1.33 bits per heavy atom. The van der Waals surface area contributed by atoms with Gasteiger partial charge in [-0.3, -0.25) is 4.79 Å². The monoisotopic (exact) mass is 201 g/mol. The van der Waals surface area contributed by atoms with Gasteiger partial charge >= 0.3 is 5.56 Å². The van der Waals surface area contributed by atoms with Crippen LogP contribution in [0.5, 0.6) is 0 Å². The molecule has 74 valence electrons. The number of nitrogens with zero attached hydrogens (tertiary/aromatic N) is 3. The molecule has 2 heterocycles. The fourth-order valence-corrected chi connectivity index (χ4v) is 1.63. The van der Waals surface area contributed by atoms with Crippen LogP contribution in [0.4, 0.5) is 0 Å². The predicted octanol–water partition coefficient (Wildman–Crippen LogP) is -0.0134. The SMILES string of the molecule is Nn1nnc2c([nH]c3ccccc32)c1=O. The average molecular weight is 201 g/mol. The zero-order valence-corrected chi connectivity index (χ0v) is 7.64. The molecule has 0 spiro atoms. The molecule has 0 bridgehead atoms. The van der Waals surface area contributed by atoms with E-state index < -0.39 is 0 Å². The molecule has 0 unspecified atom stereocenters. The number of aromatic nitrogens is 4. The summed E-state index contributed by atoms with van der Waals surface area (Å²) < 4.78 is 0. The van der Waals surface area contributed by atoms with E-state index in [2.05, 4.69) is 15.3 Å². The van der Waals surface area contributed by atoms with Crippen molar-refractivity contribution in [3.05, 3.63) is 34.6 Å². The highest BCUT2D eigenvalue weighted by molar-refractivity contribution is 6.04. The zero-order chi connectivity index (χ0) is 10.4. The lowest BCUT2D eigenvalue weighted by Crippen LogP contribution is -2.30. The van der Waals surface area contributed by atoms with Crippen LogP contribution in [0.15, 0.2) is 29.1 Å². The summed E-state index contributed by atoms with van der Waals surface area (Å²) >= 11 is 0. The fourth-order valence-electron chi connectivity index (χ4n) is 1.63. The number of rotatable bonds is 0. The smallest absolute Gasteiger partial charge is 0.313 e. The predicted molar refractivity (Wildman–Crippen MR) is 55.8 cm³/mol. The quantitative estimate of drug-likeness (QED) is 0.500. The zero-order valence-electron chi connectivity index (χ0n) is 7.64. The lowest BCUT2D eigenvalue weighted by molar-refractivity contribution is 0.702. The maximum Gasteiger partial charge on any atom is 0.313 e. The van der Waals surface area contributed by atoms with Gasteiger partial charge in [-0.1, -0.05) is 18.2 Å². The van der Waals surface area contributed by atoms with Crippen LogP contribution in [0, 0.1) is 0 Å². The average Bonchev–Trinajstić information content (AvgIpc) is 2.63. The maximum absolute atomic E-state index is 11.6. The molecule has 1 aromatic carbocycles. The topological polar surface area (TPSA) is 89.6 Å². The summed E-state index contributed by atoms with van der Waals surface area (Å²) in [5.41, 5.74) is 1.41. The number of benzene rings is 1. The summed E-state index contributed by atoms with van der Waals surface area (Å²) in [7, 11) is 0. The highest BCUT2D eigenvalue weighted by Crippen LogP contribution is 2.19. The summed E-state index contributed by atoms with van der Waals surface area (Å²) in [4.78, 5) is 15.3. The van der Waals surface area contributed by atoms with Gasteiger partial charge in [0.2, 0.25) is 0 Å². The number of para-hydroxylation sites is 1. The first kappa shape index (κ1) is 7.98. The number of hydrogen-bond acceptors (Lipinski definition) is 4. The number of aromatic amines is 1. The Morgan fingerprint density at radius 2 is 2.13 bits per heavy atom. The summed E-state index contributed by atoms with van der Waals surface area (Å²) in [6, 6.07) is 7.51. The third-order valence-corrected chi connectivity index (χ3v) is 2.34. The van der Waals surface area contributed by atoms with Crippen molar-refractivity contribution in [1.82, 2.24) is 20.1 Å². The van der Waals surface area contributed by atoms with Crippen LogP contribution in [0.3, 0.4) is 0 Å². The Kier molecular flexibility index (Phi) is 1.37. The van der Waals surface area contributed by atoms with Crippen molar-refractivity contribution in [1.29, 1.82) is 0 Å². The molecule has 3 rings (SSSR count). The number of nitrogen functional groups attached to an aromatic ring is 1. The standard InChI is InChI=1S/C9H7N5O/c10-14-9(15)8-7(12-13-14)5-3-1-2-4-6(5)11-8/h1-4,11H,10H2. The number of nitrogens with two attached hydrogens (primary N) is 1. The normalized spacial score (nSPS) is 11.2. The summed E-state index contributed by atoms with van der Waals surface area (Å²) in [6.07, 6.45) is 0. The molecule has 0 aliphatic heterocycles. The Balaban J connectivity index is 2.66. The van der Waals surface area contributed by atoms with E-state index in [9.17, 15) is 4.79 Å². The van der Waals surface area contributed by atoms with Gasteiger partial charge in [-0.25, -0.2) is 0 Å². The molecule has 0 aliphatic carbocycles. The molecule has 0 atom stereocenters. The number of fused-ring (bicyclic) bond motifs is 3. The Hall–Kier alpha value is -2.37. The highest BCUT2D eigenvalue weighted by Gasteiger charge is 2.09. The van der Waals surface area contributed by atoms with Gasteiger partial charge in [-0.05, 0) is 11.3 Å². The molecule has 6 nitrogen and oxygen atoms in total. The molecule has 0 aliphatic rings. The van der Waals surface area contributed by atoms with Crippen molar-refractivity contribution in [2.24, 2.45) is 0 Å². The molecule has 0 fully saturated rings. The lowest BCUT2D eigenvalue weighted by Gasteiger charge is -1.92. The van der Waals surface area contributed by atoms with Gasteiger partial charge in [-0.15, -0.1) is 9.89 Å². The van der Waals surface area contributed by atoms with Gasteiger partial charge in [-0.2, -0.15) is 0 Å².